The Morgan fingerprint density at radius 3 is 2.76 bits per heavy atom. The maximum Gasteiger partial charge on any atom is 0.220 e. The molecule has 1 atom stereocenters. The van der Waals surface area contributed by atoms with Gasteiger partial charge in [-0.1, -0.05) is 11.6 Å². The Labute approximate surface area is 148 Å². The highest BCUT2D eigenvalue weighted by molar-refractivity contribution is 5.76. The second-order valence-electron chi connectivity index (χ2n) is 6.73. The number of amides is 1. The maximum atomic E-state index is 12.3. The second-order valence-corrected chi connectivity index (χ2v) is 6.73. The van der Waals surface area contributed by atoms with Gasteiger partial charge in [-0.05, 0) is 58.3 Å². The van der Waals surface area contributed by atoms with Crippen LogP contribution in [0, 0.1) is 13.8 Å². The van der Waals surface area contributed by atoms with Crippen molar-refractivity contribution in [1.82, 2.24) is 15.4 Å². The molecule has 0 aliphatic carbocycles. The monoisotopic (exact) mass is 345 g/mol. The lowest BCUT2D eigenvalue weighted by molar-refractivity contribution is -0.121. The number of rotatable bonds is 7. The van der Waals surface area contributed by atoms with Crippen LogP contribution in [0.15, 0.2) is 27.3 Å². The van der Waals surface area contributed by atoms with Gasteiger partial charge in [0.2, 0.25) is 5.91 Å². The minimum atomic E-state index is 0.0496. The summed E-state index contributed by atoms with van der Waals surface area (Å²) in [4.78, 5) is 14.7. The van der Waals surface area contributed by atoms with E-state index < -0.39 is 0 Å². The number of hydrogen-bond donors (Lipinski definition) is 1. The molecule has 0 bridgehead atoms. The first-order valence-electron chi connectivity index (χ1n) is 9.11. The molecule has 0 spiro atoms. The van der Waals surface area contributed by atoms with Gasteiger partial charge in [0, 0.05) is 18.5 Å². The summed E-state index contributed by atoms with van der Waals surface area (Å²) in [7, 11) is 0. The summed E-state index contributed by atoms with van der Waals surface area (Å²) in [5.74, 6) is 1.77. The highest BCUT2D eigenvalue weighted by Gasteiger charge is 2.25. The average molecular weight is 345 g/mol. The largest absolute Gasteiger partial charge is 0.468 e. The lowest BCUT2D eigenvalue weighted by Crippen LogP contribution is -2.40. The molecule has 1 aliphatic heterocycles. The number of furan rings is 1. The van der Waals surface area contributed by atoms with E-state index in [-0.39, 0.29) is 11.9 Å². The van der Waals surface area contributed by atoms with Gasteiger partial charge < -0.3 is 14.3 Å². The highest BCUT2D eigenvalue weighted by Crippen LogP contribution is 2.24. The Morgan fingerprint density at radius 1 is 1.32 bits per heavy atom. The molecule has 136 valence electrons. The third-order valence-corrected chi connectivity index (χ3v) is 4.98. The third-order valence-electron chi connectivity index (χ3n) is 4.98. The average Bonchev–Trinajstić information content (AvgIpc) is 3.25. The van der Waals surface area contributed by atoms with Gasteiger partial charge in [0.1, 0.15) is 11.5 Å². The van der Waals surface area contributed by atoms with Crippen LogP contribution in [0.1, 0.15) is 54.5 Å². The molecule has 6 nitrogen and oxygen atoms in total. The van der Waals surface area contributed by atoms with Crippen molar-refractivity contribution in [2.24, 2.45) is 0 Å². The molecule has 0 aromatic carbocycles. The quantitative estimate of drug-likeness (QED) is 0.834. The first-order valence-corrected chi connectivity index (χ1v) is 9.11. The number of likely N-dealkylation sites (tertiary alicyclic amines) is 1. The number of nitrogens with zero attached hydrogens (tertiary/aromatic N) is 2. The second kappa shape index (κ2) is 8.34. The standard InChI is InChI=1S/C19H27N3O3/c1-14-16(15(2)25-21-14)8-9-19(23)20-13-17(18-7-6-12-24-18)22-10-4-3-5-11-22/h6-7,12,17H,3-5,8-11,13H2,1-2H3,(H,20,23). The van der Waals surface area contributed by atoms with Crippen LogP contribution in [0.5, 0.6) is 0 Å². The van der Waals surface area contributed by atoms with E-state index in [9.17, 15) is 4.79 Å². The zero-order valence-electron chi connectivity index (χ0n) is 15.1. The lowest BCUT2D eigenvalue weighted by Gasteiger charge is -2.33. The lowest BCUT2D eigenvalue weighted by atomic mass is 10.1. The molecule has 1 N–H and O–H groups in total. The molecule has 25 heavy (non-hydrogen) atoms. The van der Waals surface area contributed by atoms with E-state index in [1.54, 1.807) is 6.26 Å². The van der Waals surface area contributed by atoms with Gasteiger partial charge in [-0.25, -0.2) is 0 Å². The van der Waals surface area contributed by atoms with Crippen LogP contribution in [-0.2, 0) is 11.2 Å². The van der Waals surface area contributed by atoms with Crippen LogP contribution in [0.3, 0.4) is 0 Å². The van der Waals surface area contributed by atoms with E-state index in [1.807, 2.05) is 26.0 Å². The number of carbonyl (C=O) groups excluding carboxylic acids is 1. The van der Waals surface area contributed by atoms with Crippen LogP contribution >= 0.6 is 0 Å². The Kier molecular flexibility index (Phi) is 5.91. The topological polar surface area (TPSA) is 71.5 Å². The van der Waals surface area contributed by atoms with Gasteiger partial charge in [0.15, 0.2) is 0 Å². The molecule has 3 heterocycles. The highest BCUT2D eigenvalue weighted by atomic mass is 16.5. The predicted molar refractivity (Wildman–Crippen MR) is 94.2 cm³/mol. The molecule has 2 aromatic heterocycles. The molecular weight excluding hydrogens is 318 g/mol. The van der Waals surface area contributed by atoms with Crippen molar-refractivity contribution < 1.29 is 13.7 Å². The molecule has 1 aliphatic rings. The van der Waals surface area contributed by atoms with Crippen LogP contribution in [-0.4, -0.2) is 35.6 Å². The maximum absolute atomic E-state index is 12.3. The molecule has 6 heteroatoms. The Morgan fingerprint density at radius 2 is 2.12 bits per heavy atom. The Balaban J connectivity index is 1.54. The van der Waals surface area contributed by atoms with E-state index >= 15 is 0 Å². The molecule has 3 rings (SSSR count). The van der Waals surface area contributed by atoms with Crippen molar-refractivity contribution in [3.05, 3.63) is 41.2 Å². The summed E-state index contributed by atoms with van der Waals surface area (Å²) < 4.78 is 10.8. The summed E-state index contributed by atoms with van der Waals surface area (Å²) in [6, 6.07) is 4.01. The number of carbonyl (C=O) groups is 1. The van der Waals surface area contributed by atoms with Crippen molar-refractivity contribution >= 4 is 5.91 Å². The molecule has 0 radical (unpaired) electrons. The first kappa shape index (κ1) is 17.7. The van der Waals surface area contributed by atoms with Crippen molar-refractivity contribution in [3.8, 4) is 0 Å². The fourth-order valence-electron chi connectivity index (χ4n) is 3.52. The third kappa shape index (κ3) is 4.51. The van der Waals surface area contributed by atoms with Gasteiger partial charge in [0.05, 0.1) is 18.0 Å². The van der Waals surface area contributed by atoms with E-state index in [2.05, 4.69) is 15.4 Å². The fourth-order valence-corrected chi connectivity index (χ4v) is 3.52. The number of nitrogens with one attached hydrogen (secondary N) is 1. The summed E-state index contributed by atoms with van der Waals surface area (Å²) in [6.07, 6.45) is 6.49. The van der Waals surface area contributed by atoms with Crippen molar-refractivity contribution in [1.29, 1.82) is 0 Å². The molecule has 1 amide bonds. The summed E-state index contributed by atoms with van der Waals surface area (Å²) in [6.45, 7) is 6.48. The summed E-state index contributed by atoms with van der Waals surface area (Å²) in [5, 5.41) is 7.02. The van der Waals surface area contributed by atoms with Gasteiger partial charge in [0.25, 0.3) is 0 Å². The number of hydrogen-bond acceptors (Lipinski definition) is 5. The van der Waals surface area contributed by atoms with Crippen molar-refractivity contribution in [2.45, 2.75) is 52.0 Å². The molecule has 1 saturated heterocycles. The van der Waals surface area contributed by atoms with E-state index in [0.29, 0.717) is 19.4 Å². The smallest absolute Gasteiger partial charge is 0.220 e. The fraction of sp³-hybridized carbons (Fsp3) is 0.579. The molecular formula is C19H27N3O3. The Hall–Kier alpha value is -2.08. The van der Waals surface area contributed by atoms with Crippen LogP contribution in [0.25, 0.3) is 0 Å². The number of aryl methyl sites for hydroxylation is 2. The van der Waals surface area contributed by atoms with Crippen molar-refractivity contribution in [3.63, 3.8) is 0 Å². The molecule has 1 fully saturated rings. The van der Waals surface area contributed by atoms with Gasteiger partial charge >= 0.3 is 0 Å². The van der Waals surface area contributed by atoms with Crippen LogP contribution in [0.4, 0.5) is 0 Å². The van der Waals surface area contributed by atoms with Gasteiger partial charge in [-0.2, -0.15) is 0 Å². The van der Waals surface area contributed by atoms with Crippen molar-refractivity contribution in [2.75, 3.05) is 19.6 Å². The normalized spacial score (nSPS) is 16.7. The van der Waals surface area contributed by atoms with E-state index in [4.69, 9.17) is 8.94 Å². The minimum Gasteiger partial charge on any atom is -0.468 e. The molecule has 0 saturated carbocycles. The van der Waals surface area contributed by atoms with E-state index in [0.717, 1.165) is 35.9 Å². The number of aromatic nitrogens is 1. The zero-order chi connectivity index (χ0) is 17.6. The SMILES string of the molecule is Cc1noc(C)c1CCC(=O)NCC(c1ccco1)N1CCCCC1. The predicted octanol–water partition coefficient (Wildman–Crippen LogP) is 3.16. The first-order chi connectivity index (χ1) is 12.1. The van der Waals surface area contributed by atoms with Crippen LogP contribution < -0.4 is 5.32 Å². The van der Waals surface area contributed by atoms with E-state index in [1.165, 1.54) is 19.3 Å². The van der Waals surface area contributed by atoms with Gasteiger partial charge in [-0.15, -0.1) is 0 Å². The molecule has 2 aromatic rings. The van der Waals surface area contributed by atoms with Crippen LogP contribution in [0.2, 0.25) is 0 Å². The zero-order valence-corrected chi connectivity index (χ0v) is 15.1. The van der Waals surface area contributed by atoms with Gasteiger partial charge in [-0.3, -0.25) is 9.69 Å². The number of piperidine rings is 1. The minimum absolute atomic E-state index is 0.0496. The summed E-state index contributed by atoms with van der Waals surface area (Å²) >= 11 is 0. The summed E-state index contributed by atoms with van der Waals surface area (Å²) in [5.41, 5.74) is 1.90. The Bertz CT molecular complexity index is 653. The molecule has 1 unspecified atom stereocenters.